The van der Waals surface area contributed by atoms with Crippen molar-refractivity contribution in [2.45, 2.75) is 0 Å². The molecule has 0 atom stereocenters. The van der Waals surface area contributed by atoms with Gasteiger partial charge < -0.3 is 19.3 Å². The molecule has 0 heterocycles. The molecule has 0 spiro atoms. The first kappa shape index (κ1) is 13.6. The minimum atomic E-state index is -1.44. The molecular formula is C12H12O6. The third-order valence-electron chi connectivity index (χ3n) is 2.07. The summed E-state index contributed by atoms with van der Waals surface area (Å²) >= 11 is 0. The van der Waals surface area contributed by atoms with E-state index < -0.39 is 17.5 Å². The molecule has 18 heavy (non-hydrogen) atoms. The number of ether oxygens (including phenoxy) is 3. The van der Waals surface area contributed by atoms with Gasteiger partial charge in [0, 0.05) is 0 Å². The number of carbonyl (C=O) groups is 2. The summed E-state index contributed by atoms with van der Waals surface area (Å²) < 4.78 is 14.9. The standard InChI is InChI=1S/C12H12O6/c1-7(11(13)14)12(15)18-9-6-4-5-8(16-2)10(9)17-3/h4-6H,1H2,2-3H3,(H,13,14). The van der Waals surface area contributed by atoms with Gasteiger partial charge in [-0.3, -0.25) is 0 Å². The van der Waals surface area contributed by atoms with Crippen molar-refractivity contribution in [1.82, 2.24) is 0 Å². The van der Waals surface area contributed by atoms with Crippen LogP contribution in [0.15, 0.2) is 30.4 Å². The summed E-state index contributed by atoms with van der Waals surface area (Å²) in [5.74, 6) is -1.88. The first-order valence-corrected chi connectivity index (χ1v) is 4.86. The van der Waals surface area contributed by atoms with E-state index >= 15 is 0 Å². The van der Waals surface area contributed by atoms with E-state index in [0.29, 0.717) is 5.75 Å². The highest BCUT2D eigenvalue weighted by Crippen LogP contribution is 2.36. The molecule has 0 amide bonds. The van der Waals surface area contributed by atoms with Crippen LogP contribution in [0.4, 0.5) is 0 Å². The van der Waals surface area contributed by atoms with Gasteiger partial charge in [-0.2, -0.15) is 0 Å². The van der Waals surface area contributed by atoms with Gasteiger partial charge in [0.2, 0.25) is 5.75 Å². The normalized spacial score (nSPS) is 9.44. The molecule has 1 aromatic rings. The number of hydrogen-bond acceptors (Lipinski definition) is 5. The molecule has 0 aromatic heterocycles. The number of carboxylic acid groups (broad SMARTS) is 1. The van der Waals surface area contributed by atoms with Gasteiger partial charge in [-0.05, 0) is 12.1 Å². The third kappa shape index (κ3) is 2.79. The Morgan fingerprint density at radius 3 is 2.28 bits per heavy atom. The lowest BCUT2D eigenvalue weighted by Gasteiger charge is -2.12. The van der Waals surface area contributed by atoms with Gasteiger partial charge in [-0.15, -0.1) is 0 Å². The van der Waals surface area contributed by atoms with Crippen LogP contribution >= 0.6 is 0 Å². The maximum atomic E-state index is 11.4. The molecule has 0 aliphatic heterocycles. The van der Waals surface area contributed by atoms with Crippen molar-refractivity contribution in [3.63, 3.8) is 0 Å². The van der Waals surface area contributed by atoms with Crippen LogP contribution < -0.4 is 14.2 Å². The van der Waals surface area contributed by atoms with Crippen LogP contribution in [-0.4, -0.2) is 31.3 Å². The highest BCUT2D eigenvalue weighted by molar-refractivity contribution is 6.13. The number of aliphatic carboxylic acids is 1. The smallest absolute Gasteiger partial charge is 0.350 e. The van der Waals surface area contributed by atoms with E-state index in [1.165, 1.54) is 20.3 Å². The second kappa shape index (κ2) is 5.72. The van der Waals surface area contributed by atoms with Crippen LogP contribution in [0.5, 0.6) is 17.2 Å². The van der Waals surface area contributed by atoms with Gasteiger partial charge in [-0.1, -0.05) is 12.6 Å². The molecule has 0 saturated carbocycles. The quantitative estimate of drug-likeness (QED) is 0.279. The minimum Gasteiger partial charge on any atom is -0.493 e. The number of para-hydroxylation sites is 1. The van der Waals surface area contributed by atoms with Crippen molar-refractivity contribution in [2.24, 2.45) is 0 Å². The SMILES string of the molecule is C=C(C(=O)O)C(=O)Oc1cccc(OC)c1OC. The summed E-state index contributed by atoms with van der Waals surface area (Å²) in [7, 11) is 2.81. The number of rotatable bonds is 5. The molecule has 1 rings (SSSR count). The number of methoxy groups -OCH3 is 2. The van der Waals surface area contributed by atoms with Gasteiger partial charge in [0.1, 0.15) is 5.57 Å². The van der Waals surface area contributed by atoms with Crippen molar-refractivity contribution in [1.29, 1.82) is 0 Å². The Bertz CT molecular complexity index is 491. The predicted molar refractivity (Wildman–Crippen MR) is 62.0 cm³/mol. The molecule has 0 saturated heterocycles. The Balaban J connectivity index is 3.01. The zero-order valence-corrected chi connectivity index (χ0v) is 9.93. The lowest BCUT2D eigenvalue weighted by atomic mass is 10.3. The van der Waals surface area contributed by atoms with Crippen LogP contribution in [0, 0.1) is 0 Å². The van der Waals surface area contributed by atoms with Gasteiger partial charge >= 0.3 is 11.9 Å². The second-order valence-corrected chi connectivity index (χ2v) is 3.16. The maximum absolute atomic E-state index is 11.4. The van der Waals surface area contributed by atoms with E-state index in [9.17, 15) is 9.59 Å². The summed E-state index contributed by atoms with van der Waals surface area (Å²) in [6, 6.07) is 4.64. The molecule has 1 N–H and O–H groups in total. The average molecular weight is 252 g/mol. The van der Waals surface area contributed by atoms with E-state index in [2.05, 4.69) is 6.58 Å². The van der Waals surface area contributed by atoms with E-state index in [4.69, 9.17) is 19.3 Å². The van der Waals surface area contributed by atoms with Crippen LogP contribution in [0.3, 0.4) is 0 Å². The monoisotopic (exact) mass is 252 g/mol. The zero-order chi connectivity index (χ0) is 13.7. The average Bonchev–Trinajstić information content (AvgIpc) is 2.37. The third-order valence-corrected chi connectivity index (χ3v) is 2.07. The van der Waals surface area contributed by atoms with Crippen molar-refractivity contribution >= 4 is 11.9 Å². The fourth-order valence-corrected chi connectivity index (χ4v) is 1.19. The highest BCUT2D eigenvalue weighted by atomic mass is 16.6. The van der Waals surface area contributed by atoms with Gasteiger partial charge in [0.25, 0.3) is 0 Å². The topological polar surface area (TPSA) is 82.1 Å². The molecule has 1 aromatic carbocycles. The summed E-state index contributed by atoms with van der Waals surface area (Å²) in [5.41, 5.74) is -0.667. The molecule has 0 radical (unpaired) electrons. The maximum Gasteiger partial charge on any atom is 0.350 e. The Kier molecular flexibility index (Phi) is 4.31. The Morgan fingerprint density at radius 1 is 1.17 bits per heavy atom. The molecule has 6 nitrogen and oxygen atoms in total. The molecule has 6 heteroatoms. The summed E-state index contributed by atoms with van der Waals surface area (Å²) in [4.78, 5) is 22.0. The van der Waals surface area contributed by atoms with Crippen molar-refractivity contribution in [3.05, 3.63) is 30.4 Å². The van der Waals surface area contributed by atoms with Crippen LogP contribution in [0.2, 0.25) is 0 Å². The molecule has 0 unspecified atom stereocenters. The number of carboxylic acids is 1. The molecule has 0 aliphatic rings. The van der Waals surface area contributed by atoms with Crippen molar-refractivity contribution in [2.75, 3.05) is 14.2 Å². The van der Waals surface area contributed by atoms with Gasteiger partial charge in [-0.25, -0.2) is 9.59 Å². The van der Waals surface area contributed by atoms with E-state index in [-0.39, 0.29) is 11.5 Å². The Morgan fingerprint density at radius 2 is 1.78 bits per heavy atom. The minimum absolute atomic E-state index is 0.0595. The summed E-state index contributed by atoms with van der Waals surface area (Å²) in [5, 5.41) is 8.60. The molecule has 0 bridgehead atoms. The van der Waals surface area contributed by atoms with Gasteiger partial charge in [0.05, 0.1) is 14.2 Å². The number of esters is 1. The second-order valence-electron chi connectivity index (χ2n) is 3.16. The first-order chi connectivity index (χ1) is 8.51. The van der Waals surface area contributed by atoms with E-state index in [0.717, 1.165) is 0 Å². The van der Waals surface area contributed by atoms with Crippen molar-refractivity contribution in [3.8, 4) is 17.2 Å². The number of benzene rings is 1. The lowest BCUT2D eigenvalue weighted by molar-refractivity contribution is -0.138. The largest absolute Gasteiger partial charge is 0.493 e. The fourth-order valence-electron chi connectivity index (χ4n) is 1.19. The predicted octanol–water partition coefficient (Wildman–Crippen LogP) is 1.25. The Hall–Kier alpha value is -2.50. The molecule has 0 aliphatic carbocycles. The van der Waals surface area contributed by atoms with Crippen LogP contribution in [0.25, 0.3) is 0 Å². The number of carbonyl (C=O) groups excluding carboxylic acids is 1. The number of hydrogen-bond donors (Lipinski definition) is 1. The lowest BCUT2D eigenvalue weighted by Crippen LogP contribution is -2.17. The molecular weight excluding hydrogens is 240 g/mol. The fraction of sp³-hybridized carbons (Fsp3) is 0.167. The van der Waals surface area contributed by atoms with Crippen LogP contribution in [0.1, 0.15) is 0 Å². The van der Waals surface area contributed by atoms with E-state index in [1.54, 1.807) is 12.1 Å². The van der Waals surface area contributed by atoms with Crippen molar-refractivity contribution < 1.29 is 28.9 Å². The summed E-state index contributed by atoms with van der Waals surface area (Å²) in [6.07, 6.45) is 0. The highest BCUT2D eigenvalue weighted by Gasteiger charge is 2.20. The summed E-state index contributed by atoms with van der Waals surface area (Å²) in [6.45, 7) is 3.10. The van der Waals surface area contributed by atoms with Crippen LogP contribution in [-0.2, 0) is 9.59 Å². The van der Waals surface area contributed by atoms with Gasteiger partial charge in [0.15, 0.2) is 11.5 Å². The van der Waals surface area contributed by atoms with E-state index in [1.807, 2.05) is 0 Å². The zero-order valence-electron chi connectivity index (χ0n) is 9.93. The first-order valence-electron chi connectivity index (χ1n) is 4.86. The Labute approximate surface area is 103 Å². The molecule has 96 valence electrons. The molecule has 0 fully saturated rings.